The monoisotopic (exact) mass is 274 g/mol. The Morgan fingerprint density at radius 3 is 2.75 bits per heavy atom. The van der Waals surface area contributed by atoms with Crippen molar-refractivity contribution in [1.82, 2.24) is 14.8 Å². The van der Waals surface area contributed by atoms with E-state index in [0.29, 0.717) is 0 Å². The molecule has 0 radical (unpaired) electrons. The summed E-state index contributed by atoms with van der Waals surface area (Å²) >= 11 is 0. The van der Waals surface area contributed by atoms with E-state index in [0.717, 1.165) is 5.56 Å². The molecule has 104 valence electrons. The topological polar surface area (TPSA) is 97.1 Å². The number of carbonyl (C=O) groups excluding carboxylic acids is 1. The van der Waals surface area contributed by atoms with Crippen LogP contribution < -0.4 is 5.32 Å². The highest BCUT2D eigenvalue weighted by molar-refractivity contribution is 6.01. The molecule has 1 unspecified atom stereocenters. The highest BCUT2D eigenvalue weighted by atomic mass is 16.4. The van der Waals surface area contributed by atoms with Gasteiger partial charge in [-0.3, -0.25) is 4.79 Å². The number of carboxylic acids is 1. The number of hydrogen-bond acceptors (Lipinski definition) is 4. The lowest BCUT2D eigenvalue weighted by molar-refractivity contribution is -0.119. The van der Waals surface area contributed by atoms with Crippen molar-refractivity contribution in [3.63, 3.8) is 0 Å². The van der Waals surface area contributed by atoms with Gasteiger partial charge in [0, 0.05) is 0 Å². The summed E-state index contributed by atoms with van der Waals surface area (Å²) in [5.74, 6) is -1.45. The molecule has 0 saturated heterocycles. The van der Waals surface area contributed by atoms with E-state index >= 15 is 0 Å². The van der Waals surface area contributed by atoms with Crippen molar-refractivity contribution in [3.8, 4) is 0 Å². The van der Waals surface area contributed by atoms with E-state index in [1.807, 2.05) is 0 Å². The molecule has 1 aromatic carbocycles. The maximum absolute atomic E-state index is 12.1. The van der Waals surface area contributed by atoms with Gasteiger partial charge in [-0.1, -0.05) is 11.6 Å². The van der Waals surface area contributed by atoms with Crippen LogP contribution in [0.2, 0.25) is 0 Å². The molecule has 1 heterocycles. The summed E-state index contributed by atoms with van der Waals surface area (Å²) in [5.41, 5.74) is 1.13. The second-order valence-corrected chi connectivity index (χ2v) is 4.39. The molecule has 1 amide bonds. The van der Waals surface area contributed by atoms with E-state index in [9.17, 15) is 9.59 Å². The van der Waals surface area contributed by atoms with Gasteiger partial charge in [-0.2, -0.15) is 5.10 Å². The lowest BCUT2D eigenvalue weighted by Crippen LogP contribution is -2.25. The fourth-order valence-corrected chi connectivity index (χ4v) is 1.72. The van der Waals surface area contributed by atoms with E-state index in [1.165, 1.54) is 23.4 Å². The summed E-state index contributed by atoms with van der Waals surface area (Å²) in [6, 6.07) is 4.24. The highest BCUT2D eigenvalue weighted by Crippen LogP contribution is 2.19. The van der Waals surface area contributed by atoms with Crippen LogP contribution >= 0.6 is 0 Å². The van der Waals surface area contributed by atoms with Gasteiger partial charge in [0.05, 0.1) is 11.3 Å². The molecule has 0 bridgehead atoms. The zero-order valence-electron chi connectivity index (χ0n) is 11.1. The fraction of sp³-hybridized carbons (Fsp3) is 0.231. The molecular weight excluding hydrogens is 260 g/mol. The maximum Gasteiger partial charge on any atom is 0.337 e. The van der Waals surface area contributed by atoms with Crippen LogP contribution in [0.15, 0.2) is 30.9 Å². The first-order chi connectivity index (χ1) is 9.49. The Balaban J connectivity index is 2.22. The maximum atomic E-state index is 12.1. The predicted molar refractivity (Wildman–Crippen MR) is 71.5 cm³/mol. The summed E-state index contributed by atoms with van der Waals surface area (Å²) in [5, 5.41) is 15.6. The van der Waals surface area contributed by atoms with E-state index in [1.54, 1.807) is 26.0 Å². The Morgan fingerprint density at radius 1 is 1.40 bits per heavy atom. The summed E-state index contributed by atoms with van der Waals surface area (Å²) in [6.45, 7) is 3.44. The number of amides is 1. The largest absolute Gasteiger partial charge is 0.478 e. The Bertz CT molecular complexity index is 637. The first-order valence-electron chi connectivity index (χ1n) is 5.98. The molecule has 7 heteroatoms. The predicted octanol–water partition coefficient (Wildman–Crippen LogP) is 1.48. The van der Waals surface area contributed by atoms with Gasteiger partial charge in [0.15, 0.2) is 0 Å². The molecule has 0 aliphatic heterocycles. The summed E-state index contributed by atoms with van der Waals surface area (Å²) in [7, 11) is 0. The number of nitrogens with zero attached hydrogens (tertiary/aromatic N) is 3. The van der Waals surface area contributed by atoms with E-state index < -0.39 is 12.0 Å². The van der Waals surface area contributed by atoms with Crippen LogP contribution in [0.5, 0.6) is 0 Å². The molecular formula is C13H14N4O3. The lowest BCUT2D eigenvalue weighted by Gasteiger charge is -2.14. The number of hydrogen-bond donors (Lipinski definition) is 2. The molecule has 1 aromatic heterocycles. The Labute approximate surface area is 115 Å². The van der Waals surface area contributed by atoms with Crippen LogP contribution in [0.25, 0.3) is 0 Å². The third-order valence-corrected chi connectivity index (χ3v) is 2.88. The van der Waals surface area contributed by atoms with Crippen LogP contribution in [0.4, 0.5) is 5.69 Å². The van der Waals surface area contributed by atoms with Gasteiger partial charge in [0.1, 0.15) is 18.7 Å². The first-order valence-corrected chi connectivity index (χ1v) is 5.98. The minimum Gasteiger partial charge on any atom is -0.478 e. The molecule has 0 aliphatic carbocycles. The van der Waals surface area contributed by atoms with Crippen molar-refractivity contribution >= 4 is 17.6 Å². The summed E-state index contributed by atoms with van der Waals surface area (Å²) in [4.78, 5) is 27.0. The van der Waals surface area contributed by atoms with Crippen molar-refractivity contribution in [1.29, 1.82) is 0 Å². The number of aromatic carboxylic acids is 1. The van der Waals surface area contributed by atoms with Crippen LogP contribution in [-0.4, -0.2) is 31.7 Å². The highest BCUT2D eigenvalue weighted by Gasteiger charge is 2.18. The minimum atomic E-state index is -1.09. The fourth-order valence-electron chi connectivity index (χ4n) is 1.72. The molecule has 1 atom stereocenters. The second kappa shape index (κ2) is 5.52. The van der Waals surface area contributed by atoms with E-state index in [-0.39, 0.29) is 17.2 Å². The average Bonchev–Trinajstić information content (AvgIpc) is 2.93. The van der Waals surface area contributed by atoms with E-state index in [4.69, 9.17) is 5.11 Å². The molecule has 0 spiro atoms. The molecule has 20 heavy (non-hydrogen) atoms. The quantitative estimate of drug-likeness (QED) is 0.880. The van der Waals surface area contributed by atoms with Gasteiger partial charge in [-0.25, -0.2) is 14.5 Å². The van der Waals surface area contributed by atoms with Crippen LogP contribution in [0.1, 0.15) is 28.9 Å². The van der Waals surface area contributed by atoms with Gasteiger partial charge < -0.3 is 10.4 Å². The number of benzene rings is 1. The van der Waals surface area contributed by atoms with Crippen molar-refractivity contribution in [3.05, 3.63) is 42.0 Å². The van der Waals surface area contributed by atoms with Gasteiger partial charge in [-0.05, 0) is 26.0 Å². The normalized spacial score (nSPS) is 11.9. The number of nitrogens with one attached hydrogen (secondary N) is 1. The Hall–Kier alpha value is -2.70. The third-order valence-electron chi connectivity index (χ3n) is 2.88. The molecule has 0 fully saturated rings. The number of carboxylic acid groups (broad SMARTS) is 1. The SMILES string of the molecule is Cc1ccc(NC(=O)C(C)n2cncn2)c(C(=O)O)c1. The number of aromatic nitrogens is 3. The Kier molecular flexibility index (Phi) is 3.79. The van der Waals surface area contributed by atoms with Crippen molar-refractivity contribution < 1.29 is 14.7 Å². The van der Waals surface area contributed by atoms with Gasteiger partial charge in [0.25, 0.3) is 0 Å². The first kappa shape index (κ1) is 13.7. The molecule has 2 aromatic rings. The molecule has 7 nitrogen and oxygen atoms in total. The van der Waals surface area contributed by atoms with Crippen molar-refractivity contribution in [2.24, 2.45) is 0 Å². The van der Waals surface area contributed by atoms with Crippen molar-refractivity contribution in [2.45, 2.75) is 19.9 Å². The second-order valence-electron chi connectivity index (χ2n) is 4.39. The van der Waals surface area contributed by atoms with Gasteiger partial charge >= 0.3 is 5.97 Å². The minimum absolute atomic E-state index is 0.0594. The molecule has 2 rings (SSSR count). The smallest absolute Gasteiger partial charge is 0.337 e. The lowest BCUT2D eigenvalue weighted by atomic mass is 10.1. The summed E-state index contributed by atoms with van der Waals surface area (Å²) in [6.07, 6.45) is 2.76. The van der Waals surface area contributed by atoms with Crippen LogP contribution in [0, 0.1) is 6.92 Å². The number of aryl methyl sites for hydroxylation is 1. The molecule has 0 saturated carbocycles. The van der Waals surface area contributed by atoms with Gasteiger partial charge in [-0.15, -0.1) is 0 Å². The van der Waals surface area contributed by atoms with Gasteiger partial charge in [0.2, 0.25) is 5.91 Å². The number of carbonyl (C=O) groups is 2. The standard InChI is InChI=1S/C13H14N4O3/c1-8-3-4-11(10(5-8)13(19)20)16-12(18)9(2)17-7-14-6-15-17/h3-7,9H,1-2H3,(H,16,18)(H,19,20). The number of anilines is 1. The zero-order chi connectivity index (χ0) is 14.7. The van der Waals surface area contributed by atoms with Crippen LogP contribution in [0.3, 0.4) is 0 Å². The van der Waals surface area contributed by atoms with E-state index in [2.05, 4.69) is 15.4 Å². The number of rotatable bonds is 4. The van der Waals surface area contributed by atoms with Crippen LogP contribution in [-0.2, 0) is 4.79 Å². The third kappa shape index (κ3) is 2.82. The Morgan fingerprint density at radius 2 is 2.15 bits per heavy atom. The van der Waals surface area contributed by atoms with Crippen molar-refractivity contribution in [2.75, 3.05) is 5.32 Å². The molecule has 2 N–H and O–H groups in total. The molecule has 0 aliphatic rings. The average molecular weight is 274 g/mol. The summed E-state index contributed by atoms with van der Waals surface area (Å²) < 4.78 is 1.39. The zero-order valence-corrected chi connectivity index (χ0v) is 11.1.